The van der Waals surface area contributed by atoms with Crippen LogP contribution in [0.3, 0.4) is 0 Å². The summed E-state index contributed by atoms with van der Waals surface area (Å²) in [6.07, 6.45) is 3.64. The molecule has 0 aromatic carbocycles. The Hall–Kier alpha value is -1.80. The van der Waals surface area contributed by atoms with Gasteiger partial charge in [-0.15, -0.1) is 0 Å². The summed E-state index contributed by atoms with van der Waals surface area (Å²) in [4.78, 5) is 24.3. The summed E-state index contributed by atoms with van der Waals surface area (Å²) in [6.45, 7) is 4.02. The molecule has 0 unspecified atom stereocenters. The maximum Gasteiger partial charge on any atom is 0.306 e. The van der Waals surface area contributed by atoms with Crippen molar-refractivity contribution < 1.29 is 9.53 Å². The second-order valence-electron chi connectivity index (χ2n) is 4.75. The van der Waals surface area contributed by atoms with Crippen molar-refractivity contribution in [3.05, 3.63) is 18.1 Å². The zero-order valence-corrected chi connectivity index (χ0v) is 12.8. The van der Waals surface area contributed by atoms with Gasteiger partial charge >= 0.3 is 5.97 Å². The molecular weight excluding hydrogens is 290 g/mol. The van der Waals surface area contributed by atoms with Crippen molar-refractivity contribution in [3.63, 3.8) is 0 Å². The Morgan fingerprint density at radius 1 is 1.33 bits per heavy atom. The number of ether oxygens (including phenoxy) is 1. The van der Waals surface area contributed by atoms with Crippen LogP contribution in [0.1, 0.15) is 12.1 Å². The van der Waals surface area contributed by atoms with Crippen molar-refractivity contribution in [2.45, 2.75) is 6.42 Å². The molecule has 21 heavy (non-hydrogen) atoms. The highest BCUT2D eigenvalue weighted by molar-refractivity contribution is 7.80. The van der Waals surface area contributed by atoms with E-state index in [-0.39, 0.29) is 11.0 Å². The van der Waals surface area contributed by atoms with E-state index < -0.39 is 0 Å². The van der Waals surface area contributed by atoms with Crippen molar-refractivity contribution in [3.8, 4) is 0 Å². The monoisotopic (exact) mass is 309 g/mol. The Labute approximate surface area is 129 Å². The molecule has 1 aromatic rings. The maximum atomic E-state index is 11.2. The van der Waals surface area contributed by atoms with E-state index in [1.807, 2.05) is 0 Å². The van der Waals surface area contributed by atoms with E-state index in [0.717, 1.165) is 32.0 Å². The van der Waals surface area contributed by atoms with Crippen LogP contribution >= 0.6 is 12.2 Å². The molecular formula is C13H19N5O2S. The van der Waals surface area contributed by atoms with Crippen molar-refractivity contribution in [1.29, 1.82) is 0 Å². The molecule has 0 saturated carbocycles. The van der Waals surface area contributed by atoms with Gasteiger partial charge in [-0.25, -0.2) is 9.97 Å². The number of anilines is 1. The van der Waals surface area contributed by atoms with Gasteiger partial charge in [-0.2, -0.15) is 0 Å². The van der Waals surface area contributed by atoms with Crippen LogP contribution in [-0.4, -0.2) is 65.7 Å². The lowest BCUT2D eigenvalue weighted by Crippen LogP contribution is -2.47. The molecule has 0 aliphatic carbocycles. The van der Waals surface area contributed by atoms with Crippen LogP contribution in [-0.2, 0) is 9.53 Å². The number of piperazine rings is 1. The van der Waals surface area contributed by atoms with Crippen molar-refractivity contribution in [1.82, 2.24) is 14.9 Å². The van der Waals surface area contributed by atoms with Crippen LogP contribution in [0.5, 0.6) is 0 Å². The summed E-state index contributed by atoms with van der Waals surface area (Å²) in [5, 5.41) is 0. The van der Waals surface area contributed by atoms with Gasteiger partial charge < -0.3 is 15.4 Å². The first-order valence-electron chi connectivity index (χ1n) is 6.76. The van der Waals surface area contributed by atoms with Gasteiger partial charge in [0, 0.05) is 45.1 Å². The van der Waals surface area contributed by atoms with Crippen molar-refractivity contribution >= 4 is 29.0 Å². The minimum Gasteiger partial charge on any atom is -0.469 e. The van der Waals surface area contributed by atoms with Crippen molar-refractivity contribution in [2.24, 2.45) is 5.73 Å². The predicted octanol–water partition coefficient (Wildman–Crippen LogP) is -0.204. The number of carbonyl (C=O) groups excluding carboxylic acids is 1. The molecule has 0 amide bonds. The lowest BCUT2D eigenvalue weighted by molar-refractivity contribution is -0.141. The number of nitrogens with zero attached hydrogens (tertiary/aromatic N) is 4. The van der Waals surface area contributed by atoms with E-state index in [9.17, 15) is 4.79 Å². The zero-order valence-electron chi connectivity index (χ0n) is 12.0. The largest absolute Gasteiger partial charge is 0.469 e. The molecule has 1 aliphatic heterocycles. The Balaban J connectivity index is 1.92. The highest BCUT2D eigenvalue weighted by Crippen LogP contribution is 2.17. The van der Waals surface area contributed by atoms with E-state index in [4.69, 9.17) is 18.0 Å². The summed E-state index contributed by atoms with van der Waals surface area (Å²) in [6, 6.07) is 0. The lowest BCUT2D eigenvalue weighted by Gasteiger charge is -2.35. The predicted molar refractivity (Wildman–Crippen MR) is 83.2 cm³/mol. The fourth-order valence-electron chi connectivity index (χ4n) is 2.27. The second-order valence-corrected chi connectivity index (χ2v) is 5.19. The first-order valence-corrected chi connectivity index (χ1v) is 7.17. The molecule has 2 rings (SSSR count). The molecule has 2 N–H and O–H groups in total. The topological polar surface area (TPSA) is 84.6 Å². The molecule has 8 heteroatoms. The molecule has 0 bridgehead atoms. The minimum atomic E-state index is -0.179. The third kappa shape index (κ3) is 4.08. The van der Waals surface area contributed by atoms with E-state index in [2.05, 4.69) is 24.5 Å². The van der Waals surface area contributed by atoms with E-state index in [1.54, 1.807) is 12.4 Å². The van der Waals surface area contributed by atoms with Gasteiger partial charge in [0.15, 0.2) is 5.82 Å². The normalized spacial score (nSPS) is 15.8. The second kappa shape index (κ2) is 7.28. The fraction of sp³-hybridized carbons (Fsp3) is 0.538. The SMILES string of the molecule is COC(=O)CCN1CCN(c2nccnc2C(N)=S)CC1. The van der Waals surface area contributed by atoms with Crippen LogP contribution in [0.15, 0.2) is 12.4 Å². The number of carbonyl (C=O) groups is 1. The van der Waals surface area contributed by atoms with Crippen LogP contribution in [0.2, 0.25) is 0 Å². The third-order valence-electron chi connectivity index (χ3n) is 3.44. The molecule has 0 atom stereocenters. The summed E-state index contributed by atoms with van der Waals surface area (Å²) >= 11 is 5.01. The quantitative estimate of drug-likeness (QED) is 0.591. The summed E-state index contributed by atoms with van der Waals surface area (Å²) in [7, 11) is 1.41. The number of aromatic nitrogens is 2. The zero-order chi connectivity index (χ0) is 15.2. The lowest BCUT2D eigenvalue weighted by atomic mass is 10.2. The molecule has 0 spiro atoms. The van der Waals surface area contributed by atoms with E-state index in [1.165, 1.54) is 7.11 Å². The molecule has 1 saturated heterocycles. The Kier molecular flexibility index (Phi) is 5.40. The fourth-order valence-corrected chi connectivity index (χ4v) is 2.41. The number of nitrogens with two attached hydrogens (primary N) is 1. The number of esters is 1. The van der Waals surface area contributed by atoms with Gasteiger partial charge in [0.05, 0.1) is 13.5 Å². The van der Waals surface area contributed by atoms with E-state index in [0.29, 0.717) is 18.7 Å². The molecule has 2 heterocycles. The number of hydrogen-bond acceptors (Lipinski definition) is 7. The van der Waals surface area contributed by atoms with Crippen LogP contribution in [0.4, 0.5) is 5.82 Å². The summed E-state index contributed by atoms with van der Waals surface area (Å²) in [5.74, 6) is 0.555. The van der Waals surface area contributed by atoms with Gasteiger partial charge in [0.25, 0.3) is 0 Å². The first-order chi connectivity index (χ1) is 10.1. The highest BCUT2D eigenvalue weighted by atomic mass is 32.1. The molecule has 1 aromatic heterocycles. The third-order valence-corrected chi connectivity index (χ3v) is 3.64. The Bertz CT molecular complexity index is 517. The minimum absolute atomic E-state index is 0.179. The van der Waals surface area contributed by atoms with E-state index >= 15 is 0 Å². The molecule has 1 fully saturated rings. The highest BCUT2D eigenvalue weighted by Gasteiger charge is 2.21. The molecule has 1 aliphatic rings. The molecule has 114 valence electrons. The van der Waals surface area contributed by atoms with Crippen molar-refractivity contribution in [2.75, 3.05) is 44.7 Å². The first kappa shape index (κ1) is 15.6. The summed E-state index contributed by atoms with van der Waals surface area (Å²) < 4.78 is 4.65. The Morgan fingerprint density at radius 2 is 2.00 bits per heavy atom. The number of thiocarbonyl (C=S) groups is 1. The number of hydrogen-bond donors (Lipinski definition) is 1. The molecule has 0 radical (unpaired) electrons. The van der Waals surface area contributed by atoms with Crippen LogP contribution < -0.4 is 10.6 Å². The smallest absolute Gasteiger partial charge is 0.306 e. The van der Waals surface area contributed by atoms with Gasteiger partial charge in [0.2, 0.25) is 0 Å². The average molecular weight is 309 g/mol. The molecule has 7 nitrogen and oxygen atoms in total. The maximum absolute atomic E-state index is 11.2. The standard InChI is InChI=1S/C13H19N5O2S/c1-20-10(19)2-5-17-6-8-18(9-7-17)13-11(12(14)21)15-3-4-16-13/h3-4H,2,5-9H2,1H3,(H2,14,21). The van der Waals surface area contributed by atoms with Crippen LogP contribution in [0.25, 0.3) is 0 Å². The number of methoxy groups -OCH3 is 1. The van der Waals surface area contributed by atoms with Gasteiger partial charge in [-0.1, -0.05) is 12.2 Å². The Morgan fingerprint density at radius 3 is 2.62 bits per heavy atom. The van der Waals surface area contributed by atoms with Gasteiger partial charge in [-0.05, 0) is 0 Å². The van der Waals surface area contributed by atoms with Gasteiger partial charge in [-0.3, -0.25) is 9.69 Å². The van der Waals surface area contributed by atoms with Gasteiger partial charge in [0.1, 0.15) is 10.7 Å². The van der Waals surface area contributed by atoms with Crippen LogP contribution in [0, 0.1) is 0 Å². The summed E-state index contributed by atoms with van der Waals surface area (Å²) in [5.41, 5.74) is 6.25. The average Bonchev–Trinajstić information content (AvgIpc) is 2.53. The number of rotatable bonds is 5.